The van der Waals surface area contributed by atoms with Gasteiger partial charge in [-0.15, -0.1) is 0 Å². The highest BCUT2D eigenvalue weighted by molar-refractivity contribution is 5.97. The first-order valence-electron chi connectivity index (χ1n) is 6.66. The molecule has 0 aliphatic carbocycles. The van der Waals surface area contributed by atoms with Crippen LogP contribution in [-0.4, -0.2) is 35.0 Å². The molecule has 0 bridgehead atoms. The molecule has 0 spiro atoms. The number of carbonyl (C=O) groups excluding carboxylic acids is 1. The zero-order valence-electron chi connectivity index (χ0n) is 12.4. The maximum Gasteiger partial charge on any atom is 0.328 e. The van der Waals surface area contributed by atoms with Gasteiger partial charge in [0.05, 0.1) is 0 Å². The SMILES string of the molecule is CCC(C)N(C)C(=O)c1cccc(C=CC(=O)O)c1C. The molecule has 1 aromatic rings. The molecule has 0 aromatic heterocycles. The van der Waals surface area contributed by atoms with Gasteiger partial charge in [0.2, 0.25) is 0 Å². The van der Waals surface area contributed by atoms with Crippen LogP contribution in [0.1, 0.15) is 41.8 Å². The van der Waals surface area contributed by atoms with Crippen molar-refractivity contribution in [3.8, 4) is 0 Å². The Morgan fingerprint density at radius 3 is 2.60 bits per heavy atom. The number of hydrogen-bond donors (Lipinski definition) is 1. The second kappa shape index (κ2) is 6.89. The summed E-state index contributed by atoms with van der Waals surface area (Å²) < 4.78 is 0. The van der Waals surface area contributed by atoms with Gasteiger partial charge in [-0.1, -0.05) is 19.1 Å². The highest BCUT2D eigenvalue weighted by Gasteiger charge is 2.18. The second-order valence-electron chi connectivity index (χ2n) is 4.86. The van der Waals surface area contributed by atoms with Crippen molar-refractivity contribution in [2.24, 2.45) is 0 Å². The van der Waals surface area contributed by atoms with E-state index < -0.39 is 5.97 Å². The minimum atomic E-state index is -1.00. The fourth-order valence-corrected chi connectivity index (χ4v) is 1.89. The maximum absolute atomic E-state index is 12.4. The summed E-state index contributed by atoms with van der Waals surface area (Å²) in [7, 11) is 1.79. The maximum atomic E-state index is 12.4. The number of rotatable bonds is 5. The zero-order valence-corrected chi connectivity index (χ0v) is 12.4. The van der Waals surface area contributed by atoms with Gasteiger partial charge in [-0.05, 0) is 43.5 Å². The Kier molecular flexibility index (Phi) is 5.50. The van der Waals surface area contributed by atoms with Crippen LogP contribution in [0.3, 0.4) is 0 Å². The lowest BCUT2D eigenvalue weighted by molar-refractivity contribution is -0.131. The molecule has 20 heavy (non-hydrogen) atoms. The Bertz CT molecular complexity index is 535. The summed E-state index contributed by atoms with van der Waals surface area (Å²) in [5, 5.41) is 8.68. The standard InChI is InChI=1S/C16H21NO3/c1-5-11(2)17(4)16(20)14-8-6-7-13(12(14)3)9-10-15(18)19/h6-11H,5H2,1-4H3,(H,18,19). The average molecular weight is 275 g/mol. The molecular weight excluding hydrogens is 254 g/mol. The molecule has 1 aromatic carbocycles. The number of benzene rings is 1. The minimum Gasteiger partial charge on any atom is -0.478 e. The van der Waals surface area contributed by atoms with Crippen LogP contribution in [-0.2, 0) is 4.79 Å². The van der Waals surface area contributed by atoms with E-state index in [0.29, 0.717) is 5.56 Å². The third kappa shape index (κ3) is 3.70. The van der Waals surface area contributed by atoms with Crippen LogP contribution in [0.4, 0.5) is 0 Å². The molecule has 0 fully saturated rings. The van der Waals surface area contributed by atoms with Crippen molar-refractivity contribution in [2.45, 2.75) is 33.2 Å². The van der Waals surface area contributed by atoms with Crippen molar-refractivity contribution in [3.05, 3.63) is 41.0 Å². The molecule has 1 rings (SSSR count). The lowest BCUT2D eigenvalue weighted by Crippen LogP contribution is -2.35. The van der Waals surface area contributed by atoms with E-state index in [2.05, 4.69) is 0 Å². The third-order valence-electron chi connectivity index (χ3n) is 3.58. The van der Waals surface area contributed by atoms with Crippen LogP contribution in [0, 0.1) is 6.92 Å². The van der Waals surface area contributed by atoms with Gasteiger partial charge in [0.15, 0.2) is 0 Å². The van der Waals surface area contributed by atoms with Crippen LogP contribution in [0.25, 0.3) is 6.08 Å². The molecule has 1 N–H and O–H groups in total. The summed E-state index contributed by atoms with van der Waals surface area (Å²) >= 11 is 0. The number of carbonyl (C=O) groups is 2. The lowest BCUT2D eigenvalue weighted by Gasteiger charge is -2.24. The minimum absolute atomic E-state index is 0.0394. The number of carboxylic acid groups (broad SMARTS) is 1. The molecule has 0 heterocycles. The largest absolute Gasteiger partial charge is 0.478 e. The van der Waals surface area contributed by atoms with Gasteiger partial charge >= 0.3 is 5.97 Å². The zero-order chi connectivity index (χ0) is 15.3. The Hall–Kier alpha value is -2.10. The summed E-state index contributed by atoms with van der Waals surface area (Å²) in [4.78, 5) is 24.7. The predicted molar refractivity (Wildman–Crippen MR) is 79.7 cm³/mol. The molecule has 4 heteroatoms. The lowest BCUT2D eigenvalue weighted by atomic mass is 10.0. The molecule has 4 nitrogen and oxygen atoms in total. The van der Waals surface area contributed by atoms with E-state index in [-0.39, 0.29) is 11.9 Å². The Labute approximate surface area is 119 Å². The molecule has 1 atom stereocenters. The second-order valence-corrected chi connectivity index (χ2v) is 4.86. The van der Waals surface area contributed by atoms with Gasteiger partial charge in [0.25, 0.3) is 5.91 Å². The predicted octanol–water partition coefficient (Wildman–Crippen LogP) is 2.96. The van der Waals surface area contributed by atoms with Crippen molar-refractivity contribution in [2.75, 3.05) is 7.05 Å². The molecule has 0 aliphatic rings. The molecule has 108 valence electrons. The van der Waals surface area contributed by atoms with Crippen LogP contribution in [0.5, 0.6) is 0 Å². The number of carboxylic acids is 1. The topological polar surface area (TPSA) is 57.6 Å². The van der Waals surface area contributed by atoms with E-state index in [1.54, 1.807) is 30.1 Å². The number of nitrogens with zero attached hydrogens (tertiary/aromatic N) is 1. The summed E-state index contributed by atoms with van der Waals surface area (Å²) in [6.07, 6.45) is 3.48. The molecule has 0 aliphatic heterocycles. The number of amides is 1. The van der Waals surface area contributed by atoms with Crippen molar-refractivity contribution in [3.63, 3.8) is 0 Å². The molecule has 0 saturated carbocycles. The highest BCUT2D eigenvalue weighted by atomic mass is 16.4. The van der Waals surface area contributed by atoms with E-state index in [9.17, 15) is 9.59 Å². The van der Waals surface area contributed by atoms with Gasteiger partial charge in [0.1, 0.15) is 0 Å². The summed E-state index contributed by atoms with van der Waals surface area (Å²) in [6.45, 7) is 5.87. The fourth-order valence-electron chi connectivity index (χ4n) is 1.89. The van der Waals surface area contributed by atoms with Crippen LogP contribution >= 0.6 is 0 Å². The fraction of sp³-hybridized carbons (Fsp3) is 0.375. The quantitative estimate of drug-likeness (QED) is 0.840. The van der Waals surface area contributed by atoms with Crippen molar-refractivity contribution in [1.82, 2.24) is 4.90 Å². The summed E-state index contributed by atoms with van der Waals surface area (Å²) in [6, 6.07) is 5.51. The van der Waals surface area contributed by atoms with Crippen LogP contribution < -0.4 is 0 Å². The normalized spacial score (nSPS) is 12.4. The van der Waals surface area contributed by atoms with Gasteiger partial charge in [-0.2, -0.15) is 0 Å². The van der Waals surface area contributed by atoms with Crippen molar-refractivity contribution in [1.29, 1.82) is 0 Å². The molecule has 1 unspecified atom stereocenters. The first kappa shape index (κ1) is 16.0. The Balaban J connectivity index is 3.11. The van der Waals surface area contributed by atoms with Crippen LogP contribution in [0.2, 0.25) is 0 Å². The van der Waals surface area contributed by atoms with E-state index in [1.165, 1.54) is 6.08 Å². The molecule has 0 radical (unpaired) electrons. The number of aliphatic carboxylic acids is 1. The monoisotopic (exact) mass is 275 g/mol. The van der Waals surface area contributed by atoms with Gasteiger partial charge in [-0.25, -0.2) is 4.79 Å². The van der Waals surface area contributed by atoms with Crippen LogP contribution in [0.15, 0.2) is 24.3 Å². The molecule has 1 amide bonds. The first-order chi connectivity index (χ1) is 9.38. The molecular formula is C16H21NO3. The van der Waals surface area contributed by atoms with Crippen molar-refractivity contribution < 1.29 is 14.7 Å². The number of hydrogen-bond acceptors (Lipinski definition) is 2. The molecule has 0 saturated heterocycles. The van der Waals surface area contributed by atoms with E-state index in [0.717, 1.165) is 23.6 Å². The van der Waals surface area contributed by atoms with E-state index in [4.69, 9.17) is 5.11 Å². The summed E-state index contributed by atoms with van der Waals surface area (Å²) in [5.74, 6) is -1.04. The Morgan fingerprint density at radius 1 is 1.40 bits per heavy atom. The van der Waals surface area contributed by atoms with Gasteiger partial charge in [-0.3, -0.25) is 4.79 Å². The van der Waals surface area contributed by atoms with Crippen molar-refractivity contribution >= 4 is 18.0 Å². The first-order valence-corrected chi connectivity index (χ1v) is 6.66. The van der Waals surface area contributed by atoms with Gasteiger partial charge < -0.3 is 10.0 Å². The van der Waals surface area contributed by atoms with E-state index in [1.807, 2.05) is 20.8 Å². The van der Waals surface area contributed by atoms with E-state index >= 15 is 0 Å². The third-order valence-corrected chi connectivity index (χ3v) is 3.58. The smallest absolute Gasteiger partial charge is 0.328 e. The summed E-state index contributed by atoms with van der Waals surface area (Å²) in [5.41, 5.74) is 2.15. The highest BCUT2D eigenvalue weighted by Crippen LogP contribution is 2.18. The average Bonchev–Trinajstić information content (AvgIpc) is 2.43. The van der Waals surface area contributed by atoms with Gasteiger partial charge in [0, 0.05) is 24.7 Å². The Morgan fingerprint density at radius 2 is 2.05 bits per heavy atom.